The Kier molecular flexibility index (Phi) is 5.46. The standard InChI is InChI=1S/C12H15F3N2O3S/c1-11(18,7-21-2)6-16-9-4-3-8(12(13,14)15)5-10(9)17(19)20/h3-5,16,18H,6-7H2,1-2H3. The van der Waals surface area contributed by atoms with Gasteiger partial charge in [0.1, 0.15) is 5.69 Å². The van der Waals surface area contributed by atoms with Gasteiger partial charge in [0, 0.05) is 18.4 Å². The van der Waals surface area contributed by atoms with Crippen LogP contribution in [0.4, 0.5) is 24.5 Å². The van der Waals surface area contributed by atoms with E-state index in [2.05, 4.69) is 5.32 Å². The fourth-order valence-electron chi connectivity index (χ4n) is 1.66. The molecule has 0 aromatic heterocycles. The largest absolute Gasteiger partial charge is 0.416 e. The molecule has 0 aliphatic carbocycles. The average Bonchev–Trinajstić information content (AvgIpc) is 2.35. The Morgan fingerprint density at radius 2 is 2.05 bits per heavy atom. The van der Waals surface area contributed by atoms with Crippen LogP contribution in [0.15, 0.2) is 18.2 Å². The molecule has 0 fully saturated rings. The quantitative estimate of drug-likeness (QED) is 0.621. The highest BCUT2D eigenvalue weighted by molar-refractivity contribution is 7.98. The van der Waals surface area contributed by atoms with Crippen molar-refractivity contribution in [3.63, 3.8) is 0 Å². The van der Waals surface area contributed by atoms with Gasteiger partial charge < -0.3 is 10.4 Å². The Labute approximate surface area is 123 Å². The molecule has 0 radical (unpaired) electrons. The molecule has 118 valence electrons. The van der Waals surface area contributed by atoms with E-state index in [0.717, 1.165) is 12.1 Å². The molecule has 2 N–H and O–H groups in total. The zero-order chi connectivity index (χ0) is 16.3. The number of rotatable bonds is 6. The summed E-state index contributed by atoms with van der Waals surface area (Å²) in [6.45, 7) is 1.52. The lowest BCUT2D eigenvalue weighted by atomic mass is 10.1. The minimum Gasteiger partial charge on any atom is -0.387 e. The number of halogens is 3. The van der Waals surface area contributed by atoms with E-state index in [1.54, 1.807) is 6.26 Å². The summed E-state index contributed by atoms with van der Waals surface area (Å²) in [6.07, 6.45) is -2.86. The van der Waals surface area contributed by atoms with Crippen molar-refractivity contribution in [1.82, 2.24) is 0 Å². The van der Waals surface area contributed by atoms with E-state index in [1.165, 1.54) is 18.7 Å². The van der Waals surface area contributed by atoms with Crippen LogP contribution in [0.5, 0.6) is 0 Å². The Hall–Kier alpha value is -1.48. The SMILES string of the molecule is CSCC(C)(O)CNc1ccc(C(F)(F)F)cc1[N+](=O)[O-]. The molecule has 1 aromatic carbocycles. The summed E-state index contributed by atoms with van der Waals surface area (Å²) in [7, 11) is 0. The number of alkyl halides is 3. The summed E-state index contributed by atoms with van der Waals surface area (Å²) in [4.78, 5) is 9.99. The molecule has 9 heteroatoms. The van der Waals surface area contributed by atoms with E-state index in [9.17, 15) is 28.4 Å². The first-order valence-electron chi connectivity index (χ1n) is 5.87. The number of anilines is 1. The Bertz CT molecular complexity index is 521. The van der Waals surface area contributed by atoms with E-state index in [1.807, 2.05) is 0 Å². The van der Waals surface area contributed by atoms with Gasteiger partial charge in [0.25, 0.3) is 5.69 Å². The fourth-order valence-corrected chi connectivity index (χ4v) is 2.38. The maximum atomic E-state index is 12.6. The Morgan fingerprint density at radius 3 is 2.52 bits per heavy atom. The second-order valence-electron chi connectivity index (χ2n) is 4.77. The van der Waals surface area contributed by atoms with Crippen LogP contribution in [0.2, 0.25) is 0 Å². The van der Waals surface area contributed by atoms with Gasteiger partial charge in [-0.2, -0.15) is 24.9 Å². The second-order valence-corrected chi connectivity index (χ2v) is 5.64. The fraction of sp³-hybridized carbons (Fsp3) is 0.500. The van der Waals surface area contributed by atoms with Crippen LogP contribution >= 0.6 is 11.8 Å². The predicted molar refractivity (Wildman–Crippen MR) is 75.6 cm³/mol. The molecule has 1 rings (SSSR count). The Morgan fingerprint density at radius 1 is 1.43 bits per heavy atom. The summed E-state index contributed by atoms with van der Waals surface area (Å²) in [5.41, 5.74) is -2.95. The van der Waals surface area contributed by atoms with Crippen molar-refractivity contribution < 1.29 is 23.2 Å². The summed E-state index contributed by atoms with van der Waals surface area (Å²) in [5, 5.41) is 23.5. The Balaban J connectivity index is 3.00. The molecule has 0 aliphatic heterocycles. The minimum absolute atomic E-state index is 0.0138. The van der Waals surface area contributed by atoms with Gasteiger partial charge in [-0.3, -0.25) is 10.1 Å². The highest BCUT2D eigenvalue weighted by atomic mass is 32.2. The zero-order valence-electron chi connectivity index (χ0n) is 11.4. The van der Waals surface area contributed by atoms with E-state index in [4.69, 9.17) is 0 Å². The van der Waals surface area contributed by atoms with Gasteiger partial charge >= 0.3 is 6.18 Å². The molecule has 1 atom stereocenters. The van der Waals surface area contributed by atoms with Crippen molar-refractivity contribution >= 4 is 23.1 Å². The van der Waals surface area contributed by atoms with Gasteiger partial charge in [0.05, 0.1) is 16.1 Å². The van der Waals surface area contributed by atoms with Crippen LogP contribution in [0.25, 0.3) is 0 Å². The molecule has 1 unspecified atom stereocenters. The van der Waals surface area contributed by atoms with Gasteiger partial charge in [-0.1, -0.05) is 0 Å². The van der Waals surface area contributed by atoms with E-state index >= 15 is 0 Å². The van der Waals surface area contributed by atoms with Crippen molar-refractivity contribution in [2.45, 2.75) is 18.7 Å². The lowest BCUT2D eigenvalue weighted by Gasteiger charge is -2.23. The van der Waals surface area contributed by atoms with Crippen LogP contribution in [-0.2, 0) is 6.18 Å². The smallest absolute Gasteiger partial charge is 0.387 e. The molecule has 0 amide bonds. The monoisotopic (exact) mass is 324 g/mol. The van der Waals surface area contributed by atoms with E-state index < -0.39 is 28.0 Å². The third-order valence-corrected chi connectivity index (χ3v) is 3.55. The highest BCUT2D eigenvalue weighted by Crippen LogP contribution is 2.35. The highest BCUT2D eigenvalue weighted by Gasteiger charge is 2.33. The van der Waals surface area contributed by atoms with Crippen LogP contribution in [0, 0.1) is 10.1 Å². The molecule has 0 saturated heterocycles. The third kappa shape index (κ3) is 5.09. The first-order chi connectivity index (χ1) is 9.57. The van der Waals surface area contributed by atoms with Crippen molar-refractivity contribution in [2.24, 2.45) is 0 Å². The number of hydrogen-bond acceptors (Lipinski definition) is 5. The second kappa shape index (κ2) is 6.52. The number of aliphatic hydroxyl groups is 1. The van der Waals surface area contributed by atoms with Gasteiger partial charge in [-0.05, 0) is 25.3 Å². The number of nitro groups is 1. The number of benzene rings is 1. The number of nitrogens with zero attached hydrogens (tertiary/aromatic N) is 1. The normalized spacial score (nSPS) is 14.6. The van der Waals surface area contributed by atoms with Crippen LogP contribution in [0.1, 0.15) is 12.5 Å². The van der Waals surface area contributed by atoms with E-state index in [0.29, 0.717) is 11.8 Å². The van der Waals surface area contributed by atoms with Crippen molar-refractivity contribution in [2.75, 3.05) is 23.9 Å². The molecular formula is C12H15F3N2O3S. The molecule has 1 aromatic rings. The molecular weight excluding hydrogens is 309 g/mol. The third-order valence-electron chi connectivity index (χ3n) is 2.64. The van der Waals surface area contributed by atoms with Crippen LogP contribution < -0.4 is 5.32 Å². The van der Waals surface area contributed by atoms with Gasteiger partial charge in [-0.15, -0.1) is 0 Å². The maximum Gasteiger partial charge on any atom is 0.416 e. The molecule has 5 nitrogen and oxygen atoms in total. The van der Waals surface area contributed by atoms with Crippen molar-refractivity contribution in [1.29, 1.82) is 0 Å². The molecule has 0 saturated carbocycles. The number of nitro benzene ring substituents is 1. The number of nitrogens with one attached hydrogen (secondary N) is 1. The van der Waals surface area contributed by atoms with Gasteiger partial charge in [-0.25, -0.2) is 0 Å². The summed E-state index contributed by atoms with van der Waals surface area (Å²) in [5.74, 6) is 0.383. The maximum absolute atomic E-state index is 12.6. The van der Waals surface area contributed by atoms with Crippen LogP contribution in [0.3, 0.4) is 0 Å². The van der Waals surface area contributed by atoms with Crippen molar-refractivity contribution in [3.05, 3.63) is 33.9 Å². The van der Waals surface area contributed by atoms with E-state index in [-0.39, 0.29) is 12.2 Å². The van der Waals surface area contributed by atoms with Gasteiger partial charge in [0.15, 0.2) is 0 Å². The summed E-state index contributed by atoms with van der Waals surface area (Å²) < 4.78 is 37.7. The lowest BCUT2D eigenvalue weighted by Crippen LogP contribution is -2.36. The predicted octanol–water partition coefficient (Wildman–Crippen LogP) is 3.14. The first kappa shape index (κ1) is 17.6. The molecule has 0 aliphatic rings. The summed E-state index contributed by atoms with van der Waals surface area (Å²) in [6, 6.07) is 2.24. The molecule has 21 heavy (non-hydrogen) atoms. The number of thioether (sulfide) groups is 1. The average molecular weight is 324 g/mol. The molecule has 0 bridgehead atoms. The summed E-state index contributed by atoms with van der Waals surface area (Å²) >= 11 is 1.39. The van der Waals surface area contributed by atoms with Crippen molar-refractivity contribution in [3.8, 4) is 0 Å². The van der Waals surface area contributed by atoms with Crippen LogP contribution in [-0.4, -0.2) is 34.2 Å². The molecule has 0 heterocycles. The minimum atomic E-state index is -4.65. The first-order valence-corrected chi connectivity index (χ1v) is 7.27. The zero-order valence-corrected chi connectivity index (χ0v) is 12.2. The topological polar surface area (TPSA) is 75.4 Å². The lowest BCUT2D eigenvalue weighted by molar-refractivity contribution is -0.384. The number of hydrogen-bond donors (Lipinski definition) is 2. The molecule has 0 spiro atoms. The van der Waals surface area contributed by atoms with Gasteiger partial charge in [0.2, 0.25) is 0 Å².